The molecule has 0 aliphatic heterocycles. The zero-order valence-corrected chi connectivity index (χ0v) is 18.1. The van der Waals surface area contributed by atoms with Crippen molar-refractivity contribution in [3.8, 4) is 0 Å². The van der Waals surface area contributed by atoms with E-state index in [0.29, 0.717) is 5.41 Å². The molecule has 1 aromatic carbocycles. The molecular formula is C23H34S. The third kappa shape index (κ3) is 2.64. The molecule has 1 aromatic heterocycles. The van der Waals surface area contributed by atoms with Crippen molar-refractivity contribution in [2.24, 2.45) is 0 Å². The van der Waals surface area contributed by atoms with Gasteiger partial charge in [-0.3, -0.25) is 0 Å². The van der Waals surface area contributed by atoms with Crippen LogP contribution in [-0.4, -0.2) is 0 Å². The van der Waals surface area contributed by atoms with E-state index in [9.17, 15) is 0 Å². The molecule has 132 valence electrons. The van der Waals surface area contributed by atoms with E-state index in [1.165, 1.54) is 27.6 Å². The number of hydrogen-bond donors (Lipinski definition) is 0. The zero-order valence-electron chi connectivity index (χ0n) is 17.3. The summed E-state index contributed by atoms with van der Waals surface area (Å²) in [6.45, 7) is 23.8. The van der Waals surface area contributed by atoms with Gasteiger partial charge in [-0.05, 0) is 50.8 Å². The SMILES string of the molecule is CC(C)(C)c1cc(C(C)(C)C)c2sc3c(c2c1)C(C)(C)CC3(C)C. The fourth-order valence-corrected chi connectivity index (χ4v) is 6.40. The van der Waals surface area contributed by atoms with Crippen molar-refractivity contribution in [2.75, 3.05) is 0 Å². The molecule has 0 N–H and O–H groups in total. The van der Waals surface area contributed by atoms with Crippen molar-refractivity contribution in [3.05, 3.63) is 33.7 Å². The standard InChI is InChI=1S/C23H34S/c1-20(2,3)14-11-15-17-19(23(9,10)13-22(17,7)8)24-18(15)16(12-14)21(4,5)6/h11-12H,13H2,1-10H3. The Balaban J connectivity index is 2.47. The summed E-state index contributed by atoms with van der Waals surface area (Å²) in [7, 11) is 0. The smallest absolute Gasteiger partial charge is 0.0386 e. The van der Waals surface area contributed by atoms with E-state index in [0.717, 1.165) is 0 Å². The Morgan fingerprint density at radius 2 is 1.42 bits per heavy atom. The average Bonchev–Trinajstić information content (AvgIpc) is 2.81. The highest BCUT2D eigenvalue weighted by atomic mass is 32.1. The number of rotatable bonds is 0. The van der Waals surface area contributed by atoms with E-state index in [1.807, 2.05) is 0 Å². The van der Waals surface area contributed by atoms with Gasteiger partial charge in [0.25, 0.3) is 0 Å². The predicted molar refractivity (Wildman–Crippen MR) is 110 cm³/mol. The van der Waals surface area contributed by atoms with Gasteiger partial charge in [0.1, 0.15) is 0 Å². The second kappa shape index (κ2) is 4.87. The monoisotopic (exact) mass is 342 g/mol. The summed E-state index contributed by atoms with van der Waals surface area (Å²) in [4.78, 5) is 1.62. The van der Waals surface area contributed by atoms with Gasteiger partial charge < -0.3 is 0 Å². The van der Waals surface area contributed by atoms with Crippen molar-refractivity contribution in [1.82, 2.24) is 0 Å². The van der Waals surface area contributed by atoms with Gasteiger partial charge in [-0.25, -0.2) is 0 Å². The van der Waals surface area contributed by atoms with Gasteiger partial charge in [-0.2, -0.15) is 0 Å². The molecule has 0 bridgehead atoms. The number of thiophene rings is 1. The lowest BCUT2D eigenvalue weighted by molar-refractivity contribution is 0.406. The van der Waals surface area contributed by atoms with Gasteiger partial charge in [-0.1, -0.05) is 75.3 Å². The molecule has 2 aromatic rings. The quantitative estimate of drug-likeness (QED) is 0.466. The van der Waals surface area contributed by atoms with Gasteiger partial charge in [-0.15, -0.1) is 11.3 Å². The lowest BCUT2D eigenvalue weighted by atomic mass is 9.77. The van der Waals surface area contributed by atoms with Crippen LogP contribution in [0.2, 0.25) is 0 Å². The largest absolute Gasteiger partial charge is 0.139 e. The van der Waals surface area contributed by atoms with Crippen LogP contribution in [0.5, 0.6) is 0 Å². The minimum absolute atomic E-state index is 0.173. The summed E-state index contributed by atoms with van der Waals surface area (Å²) in [6.07, 6.45) is 1.25. The van der Waals surface area contributed by atoms with E-state index < -0.39 is 0 Å². The molecule has 0 spiro atoms. The van der Waals surface area contributed by atoms with E-state index in [2.05, 4.69) is 92.7 Å². The molecule has 0 saturated carbocycles. The normalized spacial score (nSPS) is 19.8. The highest BCUT2D eigenvalue weighted by Crippen LogP contribution is 2.57. The summed E-state index contributed by atoms with van der Waals surface area (Å²) in [5.74, 6) is 0. The van der Waals surface area contributed by atoms with Crippen LogP contribution in [0.3, 0.4) is 0 Å². The van der Waals surface area contributed by atoms with Crippen LogP contribution in [0.1, 0.15) is 97.2 Å². The maximum atomic E-state index is 2.50. The lowest BCUT2D eigenvalue weighted by Crippen LogP contribution is -2.19. The number of fused-ring (bicyclic) bond motifs is 3. The predicted octanol–water partition coefficient (Wildman–Crippen LogP) is 7.46. The Morgan fingerprint density at radius 1 is 0.833 bits per heavy atom. The maximum Gasteiger partial charge on any atom is 0.0386 e. The summed E-state index contributed by atoms with van der Waals surface area (Å²) < 4.78 is 1.53. The molecular weight excluding hydrogens is 308 g/mol. The molecule has 0 amide bonds. The fraction of sp³-hybridized carbons (Fsp3) is 0.652. The summed E-state index contributed by atoms with van der Waals surface area (Å²) in [6, 6.07) is 4.98. The highest BCUT2D eigenvalue weighted by molar-refractivity contribution is 7.19. The van der Waals surface area contributed by atoms with Gasteiger partial charge in [0.2, 0.25) is 0 Å². The molecule has 1 heterocycles. The molecule has 3 rings (SSSR count). The Kier molecular flexibility index (Phi) is 3.65. The summed E-state index contributed by atoms with van der Waals surface area (Å²) >= 11 is 2.07. The van der Waals surface area contributed by atoms with Gasteiger partial charge in [0.05, 0.1) is 0 Å². The fourth-order valence-electron chi connectivity index (χ4n) is 4.61. The first-order valence-corrected chi connectivity index (χ1v) is 10.1. The topological polar surface area (TPSA) is 0 Å². The second-order valence-corrected chi connectivity index (χ2v) is 12.2. The van der Waals surface area contributed by atoms with Crippen molar-refractivity contribution in [3.63, 3.8) is 0 Å². The van der Waals surface area contributed by atoms with E-state index in [1.54, 1.807) is 10.4 Å². The molecule has 0 unspecified atom stereocenters. The first kappa shape index (κ1) is 18.0. The first-order chi connectivity index (χ1) is 10.6. The summed E-state index contributed by atoms with van der Waals surface area (Å²) in [5, 5.41) is 1.53. The van der Waals surface area contributed by atoms with Crippen LogP contribution >= 0.6 is 11.3 Å². The molecule has 1 aliphatic carbocycles. The van der Waals surface area contributed by atoms with E-state index in [4.69, 9.17) is 0 Å². The summed E-state index contributed by atoms with van der Waals surface area (Å²) in [5.41, 5.74) is 5.54. The zero-order chi connectivity index (χ0) is 18.3. The highest BCUT2D eigenvalue weighted by Gasteiger charge is 2.45. The van der Waals surface area contributed by atoms with Gasteiger partial charge in [0, 0.05) is 15.0 Å². The third-order valence-corrected chi connectivity index (χ3v) is 7.24. The minimum atomic E-state index is 0.173. The molecule has 1 aliphatic rings. The van der Waals surface area contributed by atoms with Crippen LogP contribution < -0.4 is 0 Å². The van der Waals surface area contributed by atoms with Crippen molar-refractivity contribution >= 4 is 21.4 Å². The Bertz CT molecular complexity index is 801. The lowest BCUT2D eigenvalue weighted by Gasteiger charge is -2.28. The maximum absolute atomic E-state index is 2.50. The van der Waals surface area contributed by atoms with E-state index >= 15 is 0 Å². The van der Waals surface area contributed by atoms with Crippen molar-refractivity contribution in [2.45, 2.75) is 97.3 Å². The minimum Gasteiger partial charge on any atom is -0.139 e. The third-order valence-electron chi connectivity index (χ3n) is 5.64. The first-order valence-electron chi connectivity index (χ1n) is 9.27. The van der Waals surface area contributed by atoms with Crippen molar-refractivity contribution < 1.29 is 0 Å². The molecule has 0 fully saturated rings. The number of hydrogen-bond acceptors (Lipinski definition) is 1. The molecule has 1 heteroatoms. The van der Waals surface area contributed by atoms with Crippen LogP contribution in [-0.2, 0) is 21.7 Å². The van der Waals surface area contributed by atoms with Crippen LogP contribution in [0.4, 0.5) is 0 Å². The Labute approximate surface area is 152 Å². The van der Waals surface area contributed by atoms with Crippen LogP contribution in [0.25, 0.3) is 10.1 Å². The number of benzene rings is 1. The molecule has 0 nitrogen and oxygen atoms in total. The van der Waals surface area contributed by atoms with E-state index in [-0.39, 0.29) is 16.2 Å². The molecule has 0 saturated heterocycles. The average molecular weight is 343 g/mol. The Morgan fingerprint density at radius 3 is 1.92 bits per heavy atom. The van der Waals surface area contributed by atoms with Gasteiger partial charge >= 0.3 is 0 Å². The van der Waals surface area contributed by atoms with Gasteiger partial charge in [0.15, 0.2) is 0 Å². The molecule has 0 atom stereocenters. The van der Waals surface area contributed by atoms with Crippen LogP contribution in [0, 0.1) is 0 Å². The Hall–Kier alpha value is -0.820. The van der Waals surface area contributed by atoms with Crippen molar-refractivity contribution in [1.29, 1.82) is 0 Å². The molecule has 24 heavy (non-hydrogen) atoms. The second-order valence-electron chi connectivity index (χ2n) is 11.2. The van der Waals surface area contributed by atoms with Crippen LogP contribution in [0.15, 0.2) is 12.1 Å². The molecule has 0 radical (unpaired) electrons.